The lowest BCUT2D eigenvalue weighted by molar-refractivity contribution is 0.0342. The van der Waals surface area contributed by atoms with E-state index in [1.54, 1.807) is 14.2 Å². The molecule has 0 aromatic heterocycles. The summed E-state index contributed by atoms with van der Waals surface area (Å²) in [6, 6.07) is 16.6. The molecular weight excluding hydrogens is 519 g/mol. The Bertz CT molecular complexity index is 828. The molecule has 2 aromatic carbocycles. The molecule has 0 aliphatic carbocycles. The Labute approximate surface area is 208 Å². The van der Waals surface area contributed by atoms with Crippen LogP contribution in [0.2, 0.25) is 0 Å². The molecule has 1 aliphatic heterocycles. The second kappa shape index (κ2) is 15.0. The number of nitrogens with zero attached hydrogens (tertiary/aromatic N) is 2. The van der Waals surface area contributed by atoms with Gasteiger partial charge in [-0.05, 0) is 23.3 Å². The van der Waals surface area contributed by atoms with Gasteiger partial charge in [0.25, 0.3) is 0 Å². The summed E-state index contributed by atoms with van der Waals surface area (Å²) in [5, 5.41) is 6.73. The van der Waals surface area contributed by atoms with Crippen molar-refractivity contribution < 1.29 is 14.2 Å². The third kappa shape index (κ3) is 9.32. The Balaban J connectivity index is 0.00000363. The number of aliphatic imine (C=N–C) groups is 1. The van der Waals surface area contributed by atoms with E-state index >= 15 is 0 Å². The van der Waals surface area contributed by atoms with Crippen LogP contribution in [-0.4, -0.2) is 64.5 Å². The van der Waals surface area contributed by atoms with Gasteiger partial charge in [0.1, 0.15) is 5.75 Å². The smallest absolute Gasteiger partial charge is 0.195 e. The summed E-state index contributed by atoms with van der Waals surface area (Å²) in [5.74, 6) is 1.54. The summed E-state index contributed by atoms with van der Waals surface area (Å²) in [6.07, 6.45) is 0.863. The zero-order chi connectivity index (χ0) is 21.7. The Morgan fingerprint density at radius 1 is 1.06 bits per heavy atom. The quantitative estimate of drug-likeness (QED) is 0.202. The fourth-order valence-electron chi connectivity index (χ4n) is 3.41. The molecular formula is C24H35IN4O3. The third-order valence-electron chi connectivity index (χ3n) is 5.04. The molecule has 0 bridgehead atoms. The number of methoxy groups -OCH3 is 1. The van der Waals surface area contributed by atoms with E-state index in [0.29, 0.717) is 19.8 Å². The van der Waals surface area contributed by atoms with Crippen molar-refractivity contribution in [3.8, 4) is 5.75 Å². The van der Waals surface area contributed by atoms with Gasteiger partial charge in [0.2, 0.25) is 0 Å². The van der Waals surface area contributed by atoms with E-state index in [9.17, 15) is 0 Å². The van der Waals surface area contributed by atoms with Crippen molar-refractivity contribution in [2.24, 2.45) is 4.99 Å². The van der Waals surface area contributed by atoms with Gasteiger partial charge in [-0.25, -0.2) is 0 Å². The van der Waals surface area contributed by atoms with Crippen LogP contribution in [-0.2, 0) is 22.6 Å². The number of hydrogen-bond acceptors (Lipinski definition) is 5. The molecule has 0 atom stereocenters. The van der Waals surface area contributed by atoms with Crippen LogP contribution >= 0.6 is 24.0 Å². The Kier molecular flexibility index (Phi) is 12.4. The highest BCUT2D eigenvalue weighted by Gasteiger charge is 2.11. The molecule has 2 aromatic rings. The lowest BCUT2D eigenvalue weighted by Crippen LogP contribution is -2.35. The second-order valence-electron chi connectivity index (χ2n) is 7.48. The highest BCUT2D eigenvalue weighted by molar-refractivity contribution is 14.0. The van der Waals surface area contributed by atoms with Crippen molar-refractivity contribution in [1.82, 2.24) is 10.2 Å². The van der Waals surface area contributed by atoms with Crippen molar-refractivity contribution in [2.45, 2.75) is 19.5 Å². The molecule has 0 spiro atoms. The topological polar surface area (TPSA) is 67.4 Å². The zero-order valence-electron chi connectivity index (χ0n) is 19.0. The summed E-state index contributed by atoms with van der Waals surface area (Å²) in [6.45, 7) is 6.62. The molecule has 8 heteroatoms. The highest BCUT2D eigenvalue weighted by Crippen LogP contribution is 2.17. The van der Waals surface area contributed by atoms with Crippen LogP contribution < -0.4 is 15.4 Å². The largest absolute Gasteiger partial charge is 0.493 e. The fraction of sp³-hybridized carbons (Fsp3) is 0.458. The molecule has 1 saturated heterocycles. The number of ether oxygens (including phenoxy) is 3. The van der Waals surface area contributed by atoms with Crippen molar-refractivity contribution in [1.29, 1.82) is 0 Å². The zero-order valence-corrected chi connectivity index (χ0v) is 21.3. The summed E-state index contributed by atoms with van der Waals surface area (Å²) in [7, 11) is 3.47. The number of halogens is 1. The van der Waals surface area contributed by atoms with Crippen LogP contribution in [0.25, 0.3) is 0 Å². The molecule has 176 valence electrons. The number of rotatable bonds is 10. The van der Waals surface area contributed by atoms with Gasteiger partial charge in [-0.1, -0.05) is 30.3 Å². The summed E-state index contributed by atoms with van der Waals surface area (Å²) in [5.41, 5.74) is 3.48. The van der Waals surface area contributed by atoms with Gasteiger partial charge in [0, 0.05) is 65.1 Å². The van der Waals surface area contributed by atoms with E-state index in [2.05, 4.69) is 44.8 Å². The summed E-state index contributed by atoms with van der Waals surface area (Å²) in [4.78, 5) is 6.78. The average molecular weight is 554 g/mol. The first kappa shape index (κ1) is 26.4. The van der Waals surface area contributed by atoms with Gasteiger partial charge in [-0.15, -0.1) is 24.0 Å². The third-order valence-corrected chi connectivity index (χ3v) is 5.04. The molecule has 3 rings (SSSR count). The molecule has 2 N–H and O–H groups in total. The number of hydrogen-bond donors (Lipinski definition) is 2. The van der Waals surface area contributed by atoms with E-state index in [0.717, 1.165) is 56.7 Å². The number of morpholine rings is 1. The monoisotopic (exact) mass is 554 g/mol. The minimum atomic E-state index is 0. The van der Waals surface area contributed by atoms with E-state index in [-0.39, 0.29) is 24.0 Å². The molecule has 1 aliphatic rings. The van der Waals surface area contributed by atoms with Crippen LogP contribution in [0.15, 0.2) is 53.5 Å². The molecule has 0 radical (unpaired) electrons. The first-order valence-corrected chi connectivity index (χ1v) is 10.8. The van der Waals surface area contributed by atoms with E-state index < -0.39 is 0 Å². The predicted molar refractivity (Wildman–Crippen MR) is 140 cm³/mol. The number of anilines is 1. The molecule has 1 fully saturated rings. The van der Waals surface area contributed by atoms with Gasteiger partial charge >= 0.3 is 0 Å². The minimum Gasteiger partial charge on any atom is -0.493 e. The first-order chi connectivity index (χ1) is 15.3. The van der Waals surface area contributed by atoms with Crippen LogP contribution in [0.4, 0.5) is 5.69 Å². The van der Waals surface area contributed by atoms with E-state index in [4.69, 9.17) is 14.2 Å². The standard InChI is InChI=1S/C24H34N4O3.HI/c1-25-24(27-22-8-4-9-23(17-22)31-13-5-12-29-2)26-18-20-6-3-7-21(16-20)19-28-10-14-30-15-11-28;/h3-4,6-9,16-17H,5,10-15,18-19H2,1-2H3,(H2,25,26,27);1H. The SMILES string of the molecule is CN=C(NCc1cccc(CN2CCOCC2)c1)Nc1cccc(OCCCOC)c1.I. The van der Waals surface area contributed by atoms with Gasteiger partial charge in [0.05, 0.1) is 19.8 Å². The fourth-order valence-corrected chi connectivity index (χ4v) is 3.41. The maximum Gasteiger partial charge on any atom is 0.195 e. The number of nitrogens with one attached hydrogen (secondary N) is 2. The van der Waals surface area contributed by atoms with Crippen molar-refractivity contribution >= 4 is 35.6 Å². The van der Waals surface area contributed by atoms with Gasteiger partial charge < -0.3 is 24.8 Å². The van der Waals surface area contributed by atoms with Crippen molar-refractivity contribution in [2.75, 3.05) is 59.0 Å². The molecule has 32 heavy (non-hydrogen) atoms. The number of guanidine groups is 1. The lowest BCUT2D eigenvalue weighted by atomic mass is 10.1. The summed E-state index contributed by atoms with van der Waals surface area (Å²) >= 11 is 0. The molecule has 7 nitrogen and oxygen atoms in total. The van der Waals surface area contributed by atoms with Crippen LogP contribution in [0.1, 0.15) is 17.5 Å². The maximum atomic E-state index is 5.78. The molecule has 0 saturated carbocycles. The Morgan fingerprint density at radius 2 is 1.84 bits per heavy atom. The van der Waals surface area contributed by atoms with Crippen molar-refractivity contribution in [3.63, 3.8) is 0 Å². The lowest BCUT2D eigenvalue weighted by Gasteiger charge is -2.26. The second-order valence-corrected chi connectivity index (χ2v) is 7.48. The van der Waals surface area contributed by atoms with Crippen LogP contribution in [0, 0.1) is 0 Å². The Morgan fingerprint density at radius 3 is 2.62 bits per heavy atom. The first-order valence-electron chi connectivity index (χ1n) is 10.8. The van der Waals surface area contributed by atoms with Crippen LogP contribution in [0.5, 0.6) is 5.75 Å². The predicted octanol–water partition coefficient (Wildman–Crippen LogP) is 3.74. The summed E-state index contributed by atoms with van der Waals surface area (Å²) < 4.78 is 16.3. The molecule has 1 heterocycles. The van der Waals surface area contributed by atoms with Gasteiger partial charge in [-0.3, -0.25) is 9.89 Å². The molecule has 0 amide bonds. The van der Waals surface area contributed by atoms with Gasteiger partial charge in [0.15, 0.2) is 5.96 Å². The van der Waals surface area contributed by atoms with Crippen molar-refractivity contribution in [3.05, 3.63) is 59.7 Å². The van der Waals surface area contributed by atoms with E-state index in [1.807, 2.05) is 24.3 Å². The maximum absolute atomic E-state index is 5.78. The normalized spacial score (nSPS) is 14.5. The van der Waals surface area contributed by atoms with Crippen LogP contribution in [0.3, 0.4) is 0 Å². The minimum absolute atomic E-state index is 0. The molecule has 0 unspecified atom stereocenters. The highest BCUT2D eigenvalue weighted by atomic mass is 127. The van der Waals surface area contributed by atoms with Gasteiger partial charge in [-0.2, -0.15) is 0 Å². The average Bonchev–Trinajstić information content (AvgIpc) is 2.81. The number of benzene rings is 2. The Hall–Kier alpha value is -1.88. The van der Waals surface area contributed by atoms with E-state index in [1.165, 1.54) is 11.1 Å².